The maximum atomic E-state index is 11.3. The lowest BCUT2D eigenvalue weighted by atomic mass is 9.87. The summed E-state index contributed by atoms with van der Waals surface area (Å²) in [6.07, 6.45) is 4.91. The highest BCUT2D eigenvalue weighted by Crippen LogP contribution is 2.37. The second kappa shape index (κ2) is 7.05. The zero-order valence-corrected chi connectivity index (χ0v) is 15.3. The Morgan fingerprint density at radius 1 is 1.52 bits per heavy atom. The summed E-state index contributed by atoms with van der Waals surface area (Å²) in [6, 6.07) is 2.28. The van der Waals surface area contributed by atoms with Gasteiger partial charge in [-0.2, -0.15) is 0 Å². The number of methoxy groups -OCH3 is 1. The number of aromatic nitrogens is 3. The number of hydrogen-bond donors (Lipinski definition) is 0. The minimum atomic E-state index is -0.253. The largest absolute Gasteiger partial charge is 0.468 e. The molecule has 0 spiro atoms. The van der Waals surface area contributed by atoms with Crippen LogP contribution in [0.3, 0.4) is 0 Å². The molecular formula is C16H21N3O2S2. The average molecular weight is 351 g/mol. The summed E-state index contributed by atoms with van der Waals surface area (Å²) in [7, 11) is 3.34. The van der Waals surface area contributed by atoms with Crippen molar-refractivity contribution in [2.24, 2.45) is 13.0 Å². The third kappa shape index (κ3) is 3.45. The molecule has 0 aliphatic heterocycles. The van der Waals surface area contributed by atoms with Crippen molar-refractivity contribution in [3.05, 3.63) is 16.5 Å². The van der Waals surface area contributed by atoms with Gasteiger partial charge in [0.05, 0.1) is 17.7 Å². The normalized spacial score (nSPS) is 17.1. The van der Waals surface area contributed by atoms with Gasteiger partial charge in [-0.3, -0.25) is 4.79 Å². The number of nitrogens with zero attached hydrogens (tertiary/aromatic N) is 3. The smallest absolute Gasteiger partial charge is 0.316 e. The van der Waals surface area contributed by atoms with Crippen LogP contribution < -0.4 is 0 Å². The van der Waals surface area contributed by atoms with Crippen molar-refractivity contribution in [2.75, 3.05) is 12.9 Å². The van der Waals surface area contributed by atoms with E-state index in [1.807, 2.05) is 23.0 Å². The van der Waals surface area contributed by atoms with Gasteiger partial charge in [0.15, 0.2) is 11.0 Å². The van der Waals surface area contributed by atoms with Gasteiger partial charge in [-0.15, -0.1) is 21.5 Å². The Kier molecular flexibility index (Phi) is 5.06. The zero-order valence-electron chi connectivity index (χ0n) is 13.7. The molecule has 2 aromatic heterocycles. The first-order valence-electron chi connectivity index (χ1n) is 7.83. The molecule has 124 valence electrons. The van der Waals surface area contributed by atoms with Gasteiger partial charge >= 0.3 is 5.97 Å². The van der Waals surface area contributed by atoms with Crippen LogP contribution in [0.4, 0.5) is 0 Å². The van der Waals surface area contributed by atoms with Crippen LogP contribution >= 0.6 is 23.1 Å². The van der Waals surface area contributed by atoms with E-state index in [4.69, 9.17) is 0 Å². The number of aryl methyl sites for hydroxylation is 1. The van der Waals surface area contributed by atoms with Gasteiger partial charge in [0.25, 0.3) is 0 Å². The maximum Gasteiger partial charge on any atom is 0.316 e. The Morgan fingerprint density at radius 3 is 3.09 bits per heavy atom. The summed E-state index contributed by atoms with van der Waals surface area (Å²) in [5, 5.41) is 9.27. The molecular weight excluding hydrogens is 330 g/mol. The SMILES string of the molecule is CC[C@H]1CCc2sc(-c3nnc(SCC(=O)OC)n3C)cc2C1. The predicted octanol–water partition coefficient (Wildman–Crippen LogP) is 3.32. The third-order valence-electron chi connectivity index (χ3n) is 4.36. The highest BCUT2D eigenvalue weighted by Gasteiger charge is 2.22. The Hall–Kier alpha value is -1.34. The van der Waals surface area contributed by atoms with E-state index < -0.39 is 0 Å². The van der Waals surface area contributed by atoms with E-state index in [2.05, 4.69) is 27.9 Å². The first-order chi connectivity index (χ1) is 11.1. The number of rotatable bonds is 5. The number of ether oxygens (including phenoxy) is 1. The Morgan fingerprint density at radius 2 is 2.35 bits per heavy atom. The lowest BCUT2D eigenvalue weighted by molar-refractivity contribution is -0.137. The van der Waals surface area contributed by atoms with E-state index in [-0.39, 0.29) is 11.7 Å². The minimum Gasteiger partial charge on any atom is -0.468 e. The van der Waals surface area contributed by atoms with Gasteiger partial charge < -0.3 is 9.30 Å². The van der Waals surface area contributed by atoms with Crippen molar-refractivity contribution < 1.29 is 9.53 Å². The molecule has 1 aliphatic carbocycles. The first kappa shape index (κ1) is 16.5. The molecule has 0 N–H and O–H groups in total. The van der Waals surface area contributed by atoms with Crippen molar-refractivity contribution in [2.45, 2.75) is 37.8 Å². The summed E-state index contributed by atoms with van der Waals surface area (Å²) >= 11 is 3.19. The lowest BCUT2D eigenvalue weighted by Crippen LogP contribution is -2.10. The fourth-order valence-corrected chi connectivity index (χ4v) is 4.87. The number of carbonyl (C=O) groups is 1. The Bertz CT molecular complexity index is 708. The summed E-state index contributed by atoms with van der Waals surface area (Å²) in [6.45, 7) is 2.27. The van der Waals surface area contributed by atoms with Crippen LogP contribution in [0, 0.1) is 5.92 Å². The molecule has 3 rings (SSSR count). The van der Waals surface area contributed by atoms with Crippen LogP contribution in [-0.2, 0) is 29.4 Å². The molecule has 5 nitrogen and oxygen atoms in total. The first-order valence-corrected chi connectivity index (χ1v) is 9.63. The van der Waals surface area contributed by atoms with Crippen LogP contribution in [0.15, 0.2) is 11.2 Å². The number of esters is 1. The van der Waals surface area contributed by atoms with E-state index in [1.54, 1.807) is 0 Å². The molecule has 2 aromatic rings. The van der Waals surface area contributed by atoms with Crippen molar-refractivity contribution in [3.8, 4) is 10.7 Å². The second-order valence-electron chi connectivity index (χ2n) is 5.81. The number of fused-ring (bicyclic) bond motifs is 1. The third-order valence-corrected chi connectivity index (χ3v) is 6.59. The van der Waals surface area contributed by atoms with Gasteiger partial charge in [-0.05, 0) is 36.8 Å². The van der Waals surface area contributed by atoms with Crippen molar-refractivity contribution in [1.29, 1.82) is 0 Å². The minimum absolute atomic E-state index is 0.252. The highest BCUT2D eigenvalue weighted by molar-refractivity contribution is 7.99. The molecule has 0 radical (unpaired) electrons. The number of thiophene rings is 1. The summed E-state index contributed by atoms with van der Waals surface area (Å²) in [5.41, 5.74) is 1.48. The zero-order chi connectivity index (χ0) is 16.4. The van der Waals surface area contributed by atoms with Crippen LogP contribution in [0.25, 0.3) is 10.7 Å². The number of carbonyl (C=O) groups excluding carboxylic acids is 1. The summed E-state index contributed by atoms with van der Waals surface area (Å²) in [5.74, 6) is 1.69. The van der Waals surface area contributed by atoms with Crippen molar-refractivity contribution in [3.63, 3.8) is 0 Å². The molecule has 23 heavy (non-hydrogen) atoms. The van der Waals surface area contributed by atoms with Gasteiger partial charge in [0.2, 0.25) is 0 Å². The van der Waals surface area contributed by atoms with Gasteiger partial charge in [0, 0.05) is 11.9 Å². The second-order valence-corrected chi connectivity index (χ2v) is 7.89. The topological polar surface area (TPSA) is 57.0 Å². The Labute approximate surface area is 144 Å². The molecule has 0 amide bonds. The van der Waals surface area contributed by atoms with Gasteiger partial charge in [0.1, 0.15) is 0 Å². The van der Waals surface area contributed by atoms with E-state index >= 15 is 0 Å². The number of hydrogen-bond acceptors (Lipinski definition) is 6. The summed E-state index contributed by atoms with van der Waals surface area (Å²) in [4.78, 5) is 13.9. The Balaban J connectivity index is 1.79. The molecule has 2 heterocycles. The van der Waals surface area contributed by atoms with Crippen LogP contribution in [0.1, 0.15) is 30.2 Å². The molecule has 0 aromatic carbocycles. The summed E-state index contributed by atoms with van der Waals surface area (Å²) < 4.78 is 6.62. The predicted molar refractivity (Wildman–Crippen MR) is 92.9 cm³/mol. The molecule has 1 aliphatic rings. The van der Waals surface area contributed by atoms with E-state index in [9.17, 15) is 4.79 Å². The molecule has 0 fully saturated rings. The van der Waals surface area contributed by atoms with Crippen LogP contribution in [0.2, 0.25) is 0 Å². The average Bonchev–Trinajstić information content (AvgIpc) is 3.14. The quantitative estimate of drug-likeness (QED) is 0.611. The molecule has 7 heteroatoms. The van der Waals surface area contributed by atoms with E-state index in [1.165, 1.54) is 59.9 Å². The molecule has 0 unspecified atom stereocenters. The highest BCUT2D eigenvalue weighted by atomic mass is 32.2. The van der Waals surface area contributed by atoms with E-state index in [0.29, 0.717) is 0 Å². The molecule has 0 saturated heterocycles. The fourth-order valence-electron chi connectivity index (χ4n) is 2.90. The molecule has 1 atom stereocenters. The van der Waals surface area contributed by atoms with Crippen molar-refractivity contribution in [1.82, 2.24) is 14.8 Å². The van der Waals surface area contributed by atoms with Crippen molar-refractivity contribution >= 4 is 29.1 Å². The fraction of sp³-hybridized carbons (Fsp3) is 0.562. The maximum absolute atomic E-state index is 11.3. The van der Waals surface area contributed by atoms with Crippen LogP contribution in [-0.4, -0.2) is 33.6 Å². The molecule has 0 bridgehead atoms. The lowest BCUT2D eigenvalue weighted by Gasteiger charge is -2.19. The van der Waals surface area contributed by atoms with Gasteiger partial charge in [-0.25, -0.2) is 0 Å². The monoisotopic (exact) mass is 351 g/mol. The van der Waals surface area contributed by atoms with Gasteiger partial charge in [-0.1, -0.05) is 25.1 Å². The van der Waals surface area contributed by atoms with E-state index in [0.717, 1.165) is 16.9 Å². The van der Waals surface area contributed by atoms with Crippen LogP contribution in [0.5, 0.6) is 0 Å². The molecule has 0 saturated carbocycles. The number of thioether (sulfide) groups is 1. The standard InChI is InChI=1S/C16H21N3O2S2/c1-4-10-5-6-12-11(7-10)8-13(23-12)15-17-18-16(19(15)2)22-9-14(20)21-3/h8,10H,4-7,9H2,1-3H3/t10-/m0/s1.